The van der Waals surface area contributed by atoms with Crippen LogP contribution in [0.25, 0.3) is 0 Å². The van der Waals surface area contributed by atoms with E-state index in [0.717, 1.165) is 19.3 Å². The van der Waals surface area contributed by atoms with Crippen LogP contribution < -0.4 is 5.32 Å². The van der Waals surface area contributed by atoms with Crippen LogP contribution in [-0.4, -0.2) is 31.7 Å². The molecule has 1 fully saturated rings. The van der Waals surface area contributed by atoms with Crippen LogP contribution in [0.5, 0.6) is 0 Å². The van der Waals surface area contributed by atoms with Crippen molar-refractivity contribution < 1.29 is 13.2 Å². The average molecular weight is 385 g/mol. The molecule has 0 radical (unpaired) electrons. The molecule has 3 rings (SSSR count). The third-order valence-corrected chi connectivity index (χ3v) is 6.98. The van der Waals surface area contributed by atoms with E-state index in [-0.39, 0.29) is 10.8 Å². The normalized spacial score (nSPS) is 16.0. The number of hydrogen-bond donors (Lipinski definition) is 1. The van der Waals surface area contributed by atoms with E-state index in [4.69, 9.17) is 11.6 Å². The molecule has 1 aromatic heterocycles. The molecule has 0 atom stereocenters. The molecule has 1 aliphatic heterocycles. The van der Waals surface area contributed by atoms with Gasteiger partial charge >= 0.3 is 0 Å². The smallest absolute Gasteiger partial charge is 0.265 e. The first-order valence-corrected chi connectivity index (χ1v) is 10.3. The summed E-state index contributed by atoms with van der Waals surface area (Å²) in [6, 6.07) is 7.88. The fourth-order valence-corrected chi connectivity index (χ4v) is 4.93. The van der Waals surface area contributed by atoms with Gasteiger partial charge in [0.2, 0.25) is 10.0 Å². The molecule has 8 heteroatoms. The summed E-state index contributed by atoms with van der Waals surface area (Å²) >= 11 is 7.42. The molecule has 24 heavy (non-hydrogen) atoms. The Bertz CT molecular complexity index is 829. The van der Waals surface area contributed by atoms with Gasteiger partial charge in [-0.05, 0) is 42.5 Å². The number of rotatable bonds is 4. The van der Waals surface area contributed by atoms with E-state index in [1.54, 1.807) is 17.5 Å². The maximum absolute atomic E-state index is 12.7. The molecule has 1 aromatic carbocycles. The Kier molecular flexibility index (Phi) is 5.24. The highest BCUT2D eigenvalue weighted by Crippen LogP contribution is 2.28. The Morgan fingerprint density at radius 1 is 1.17 bits per heavy atom. The van der Waals surface area contributed by atoms with Crippen molar-refractivity contribution in [2.45, 2.75) is 24.2 Å². The number of nitrogens with one attached hydrogen (secondary N) is 1. The lowest BCUT2D eigenvalue weighted by Gasteiger charge is -2.26. The predicted molar refractivity (Wildman–Crippen MR) is 96.3 cm³/mol. The number of nitrogens with zero attached hydrogens (tertiary/aromatic N) is 1. The average Bonchev–Trinajstić information content (AvgIpc) is 3.12. The van der Waals surface area contributed by atoms with Gasteiger partial charge in [0.15, 0.2) is 0 Å². The van der Waals surface area contributed by atoms with Crippen LogP contribution >= 0.6 is 22.9 Å². The molecule has 0 saturated carbocycles. The molecule has 2 heterocycles. The first-order valence-electron chi connectivity index (χ1n) is 7.63. The van der Waals surface area contributed by atoms with Crippen molar-refractivity contribution >= 4 is 44.6 Å². The maximum atomic E-state index is 12.7. The molecule has 1 N–H and O–H groups in total. The van der Waals surface area contributed by atoms with Crippen molar-refractivity contribution in [2.24, 2.45) is 0 Å². The van der Waals surface area contributed by atoms with Gasteiger partial charge in [-0.1, -0.05) is 24.1 Å². The summed E-state index contributed by atoms with van der Waals surface area (Å²) in [5.41, 5.74) is 0.299. The van der Waals surface area contributed by atoms with Crippen LogP contribution in [0.4, 0.5) is 5.69 Å². The third-order valence-electron chi connectivity index (χ3n) is 3.88. The number of halogens is 1. The minimum Gasteiger partial charge on any atom is -0.320 e. The van der Waals surface area contributed by atoms with Gasteiger partial charge in [-0.2, -0.15) is 4.31 Å². The van der Waals surface area contributed by atoms with E-state index >= 15 is 0 Å². The van der Waals surface area contributed by atoms with Gasteiger partial charge in [-0.15, -0.1) is 11.3 Å². The Morgan fingerprint density at radius 2 is 1.92 bits per heavy atom. The van der Waals surface area contributed by atoms with Crippen molar-refractivity contribution in [1.29, 1.82) is 0 Å². The lowest BCUT2D eigenvalue weighted by atomic mass is 10.2. The molecule has 0 aliphatic carbocycles. The predicted octanol–water partition coefficient (Wildman–Crippen LogP) is 3.83. The molecule has 128 valence electrons. The summed E-state index contributed by atoms with van der Waals surface area (Å²) in [5, 5.41) is 4.79. The third kappa shape index (κ3) is 3.64. The molecule has 1 amide bonds. The summed E-state index contributed by atoms with van der Waals surface area (Å²) in [5.74, 6) is -0.306. The SMILES string of the molecule is O=C(Nc1cc(S(=O)(=O)N2CCCCC2)ccc1Cl)c1cccs1. The number of carbonyl (C=O) groups is 1. The second-order valence-corrected chi connectivity index (χ2v) is 8.83. The number of benzene rings is 1. The van der Waals surface area contributed by atoms with Crippen molar-refractivity contribution in [3.63, 3.8) is 0 Å². The summed E-state index contributed by atoms with van der Waals surface area (Å²) in [6.07, 6.45) is 2.79. The maximum Gasteiger partial charge on any atom is 0.265 e. The van der Waals surface area contributed by atoms with Crippen LogP contribution in [0.2, 0.25) is 5.02 Å². The van der Waals surface area contributed by atoms with Crippen molar-refractivity contribution in [3.05, 3.63) is 45.6 Å². The van der Waals surface area contributed by atoms with Gasteiger partial charge in [-0.3, -0.25) is 4.79 Å². The molecule has 1 saturated heterocycles. The second kappa shape index (κ2) is 7.23. The number of amides is 1. The number of hydrogen-bond acceptors (Lipinski definition) is 4. The van der Waals surface area contributed by atoms with Gasteiger partial charge < -0.3 is 5.32 Å². The lowest BCUT2D eigenvalue weighted by molar-refractivity contribution is 0.103. The molecule has 0 bridgehead atoms. The van der Waals surface area contributed by atoms with Crippen molar-refractivity contribution in [1.82, 2.24) is 4.31 Å². The van der Waals surface area contributed by atoms with Gasteiger partial charge in [0.25, 0.3) is 5.91 Å². The largest absolute Gasteiger partial charge is 0.320 e. The highest BCUT2D eigenvalue weighted by molar-refractivity contribution is 7.89. The minimum atomic E-state index is -3.56. The molecule has 2 aromatic rings. The molecular weight excluding hydrogens is 368 g/mol. The van der Waals surface area contributed by atoms with Crippen molar-refractivity contribution in [3.8, 4) is 0 Å². The highest BCUT2D eigenvalue weighted by atomic mass is 35.5. The first kappa shape index (κ1) is 17.4. The first-order chi connectivity index (χ1) is 11.5. The van der Waals surface area contributed by atoms with Crippen LogP contribution in [0.1, 0.15) is 28.9 Å². The fraction of sp³-hybridized carbons (Fsp3) is 0.312. The van der Waals surface area contributed by atoms with Gasteiger partial charge in [0.1, 0.15) is 0 Å². The number of piperidine rings is 1. The van der Waals surface area contributed by atoms with Gasteiger partial charge in [-0.25, -0.2) is 8.42 Å². The van der Waals surface area contributed by atoms with Gasteiger partial charge in [0.05, 0.1) is 20.5 Å². The van der Waals surface area contributed by atoms with E-state index < -0.39 is 10.0 Å². The number of sulfonamides is 1. The lowest BCUT2D eigenvalue weighted by Crippen LogP contribution is -2.35. The van der Waals surface area contributed by atoms with Crippen LogP contribution in [-0.2, 0) is 10.0 Å². The van der Waals surface area contributed by atoms with E-state index in [1.165, 1.54) is 33.8 Å². The zero-order valence-electron chi connectivity index (χ0n) is 12.9. The molecule has 5 nitrogen and oxygen atoms in total. The van der Waals surface area contributed by atoms with Crippen molar-refractivity contribution in [2.75, 3.05) is 18.4 Å². The zero-order chi connectivity index (χ0) is 17.2. The Labute approximate surface area is 150 Å². The van der Waals surface area contributed by atoms with E-state index in [2.05, 4.69) is 5.32 Å². The second-order valence-electron chi connectivity index (χ2n) is 5.54. The van der Waals surface area contributed by atoms with Crippen LogP contribution in [0.3, 0.4) is 0 Å². The zero-order valence-corrected chi connectivity index (χ0v) is 15.3. The summed E-state index contributed by atoms with van der Waals surface area (Å²) in [7, 11) is -3.56. The highest BCUT2D eigenvalue weighted by Gasteiger charge is 2.26. The van der Waals surface area contributed by atoms with Crippen LogP contribution in [0.15, 0.2) is 40.6 Å². The Morgan fingerprint density at radius 3 is 2.58 bits per heavy atom. The molecule has 0 spiro atoms. The summed E-state index contributed by atoms with van der Waals surface area (Å²) in [6.45, 7) is 1.06. The fourth-order valence-electron chi connectivity index (χ4n) is 2.61. The standard InChI is InChI=1S/C16H17ClN2O3S2/c17-13-7-6-12(24(21,22)19-8-2-1-3-9-19)11-14(13)18-16(20)15-5-4-10-23-15/h4-7,10-11H,1-3,8-9H2,(H,18,20). The van der Waals surface area contributed by atoms with E-state index in [0.29, 0.717) is 28.7 Å². The molecule has 1 aliphatic rings. The molecule has 0 unspecified atom stereocenters. The quantitative estimate of drug-likeness (QED) is 0.871. The molecular formula is C16H17ClN2O3S2. The minimum absolute atomic E-state index is 0.148. The van der Waals surface area contributed by atoms with E-state index in [9.17, 15) is 13.2 Å². The summed E-state index contributed by atoms with van der Waals surface area (Å²) < 4.78 is 27.0. The summed E-state index contributed by atoms with van der Waals surface area (Å²) in [4.78, 5) is 12.9. The number of carbonyl (C=O) groups excluding carboxylic acids is 1. The Hall–Kier alpha value is -1.41. The number of anilines is 1. The topological polar surface area (TPSA) is 66.5 Å². The van der Waals surface area contributed by atoms with Crippen LogP contribution in [0, 0.1) is 0 Å². The number of thiophene rings is 1. The van der Waals surface area contributed by atoms with Gasteiger partial charge in [0, 0.05) is 13.1 Å². The monoisotopic (exact) mass is 384 g/mol. The van der Waals surface area contributed by atoms with E-state index in [1.807, 2.05) is 0 Å². The Balaban J connectivity index is 1.87.